The lowest BCUT2D eigenvalue weighted by atomic mass is 10.0. The van der Waals surface area contributed by atoms with E-state index in [1.54, 1.807) is 28.8 Å². The molecule has 0 amide bonds. The van der Waals surface area contributed by atoms with Gasteiger partial charge in [0.15, 0.2) is 17.2 Å². The summed E-state index contributed by atoms with van der Waals surface area (Å²) in [6, 6.07) is 14.5. The largest absolute Gasteiger partial charge is 0.750 e. The van der Waals surface area contributed by atoms with Crippen molar-refractivity contribution in [2.24, 2.45) is 0 Å². The number of nitrogens with two attached hydrogens (primary N) is 1. The molecular formula is C18H17N5O4P+. The minimum absolute atomic E-state index is 0.164. The van der Waals surface area contributed by atoms with Gasteiger partial charge in [-0.25, -0.2) is 14.0 Å². The quantitative estimate of drug-likeness (QED) is 0.628. The number of rotatable bonds is 6. The molecule has 3 aromatic rings. The van der Waals surface area contributed by atoms with Gasteiger partial charge in [-0.15, -0.1) is 4.52 Å². The smallest absolute Gasteiger partial charge is 0.382 e. The number of hydrogen-bond donors (Lipinski definition) is 1. The van der Waals surface area contributed by atoms with E-state index in [0.717, 1.165) is 5.69 Å². The highest BCUT2D eigenvalue weighted by molar-refractivity contribution is 7.33. The van der Waals surface area contributed by atoms with Gasteiger partial charge in [0.25, 0.3) is 0 Å². The topological polar surface area (TPSA) is 125 Å². The van der Waals surface area contributed by atoms with Crippen LogP contribution in [0.3, 0.4) is 0 Å². The second-order valence-corrected chi connectivity index (χ2v) is 7.24. The van der Waals surface area contributed by atoms with Crippen LogP contribution >= 0.6 is 8.25 Å². The van der Waals surface area contributed by atoms with Crippen molar-refractivity contribution in [3.63, 3.8) is 0 Å². The highest BCUT2D eigenvalue weighted by atomic mass is 31.1. The molecule has 1 saturated heterocycles. The number of hydrogen-bond acceptors (Lipinski definition) is 8. The van der Waals surface area contributed by atoms with E-state index in [4.69, 9.17) is 19.5 Å². The van der Waals surface area contributed by atoms with Gasteiger partial charge in [0.2, 0.25) is 0 Å². The maximum absolute atomic E-state index is 12.1. The zero-order valence-corrected chi connectivity index (χ0v) is 15.7. The maximum Gasteiger partial charge on any atom is 0.750 e. The summed E-state index contributed by atoms with van der Waals surface area (Å²) in [5, 5.41) is 13.9. The van der Waals surface area contributed by atoms with Gasteiger partial charge in [-0.1, -0.05) is 18.2 Å². The Labute approximate surface area is 161 Å². The minimum Gasteiger partial charge on any atom is -0.382 e. The van der Waals surface area contributed by atoms with Gasteiger partial charge in [0.1, 0.15) is 30.6 Å². The van der Waals surface area contributed by atoms with Gasteiger partial charge in [0.05, 0.1) is 5.69 Å². The van der Waals surface area contributed by atoms with Crippen LogP contribution in [0.15, 0.2) is 48.8 Å². The standard InChI is InChI=1S/C18H17N5O4P/c19-10-18(11-25-28(24)27-13-4-2-1-3-5-13)9-8-16(26-18)14-6-7-15-17(20)21-12-22-23(14)15/h1-7,12,16H,8-9,11H2,(H2,20,21,22)/q+1/t16-,18-/m1/s1. The van der Waals surface area contributed by atoms with E-state index in [1.165, 1.54) is 6.33 Å². The number of benzene rings is 1. The van der Waals surface area contributed by atoms with Crippen molar-refractivity contribution in [1.29, 1.82) is 5.26 Å². The van der Waals surface area contributed by atoms with Gasteiger partial charge in [-0.2, -0.15) is 10.4 Å². The molecule has 0 radical (unpaired) electrons. The molecule has 1 fully saturated rings. The summed E-state index contributed by atoms with van der Waals surface area (Å²) in [6.07, 6.45) is 2.01. The lowest BCUT2D eigenvalue weighted by Gasteiger charge is -2.18. The average molecular weight is 398 g/mol. The molecule has 3 heterocycles. The Balaban J connectivity index is 1.43. The molecule has 28 heavy (non-hydrogen) atoms. The molecule has 1 aliphatic heterocycles. The molecule has 0 spiro atoms. The molecule has 9 nitrogen and oxygen atoms in total. The van der Waals surface area contributed by atoms with Crippen molar-refractivity contribution in [1.82, 2.24) is 14.6 Å². The lowest BCUT2D eigenvalue weighted by molar-refractivity contribution is -0.0327. The second-order valence-electron chi connectivity index (χ2n) is 6.35. The predicted molar refractivity (Wildman–Crippen MR) is 99.4 cm³/mol. The fraction of sp³-hybridized carbons (Fsp3) is 0.278. The zero-order valence-electron chi connectivity index (χ0n) is 14.8. The first-order valence-electron chi connectivity index (χ1n) is 8.61. The molecule has 0 saturated carbocycles. The van der Waals surface area contributed by atoms with Crippen LogP contribution in [0.4, 0.5) is 5.82 Å². The first-order valence-corrected chi connectivity index (χ1v) is 9.70. The molecule has 3 atom stereocenters. The number of aromatic nitrogens is 3. The number of para-hydroxylation sites is 1. The fourth-order valence-corrected chi connectivity index (χ4v) is 3.81. The molecule has 2 aromatic heterocycles. The van der Waals surface area contributed by atoms with E-state index >= 15 is 0 Å². The van der Waals surface area contributed by atoms with Crippen LogP contribution in [-0.2, 0) is 13.8 Å². The Hall–Kier alpha value is -3.05. The maximum atomic E-state index is 12.1. The Morgan fingerprint density at radius 1 is 1.36 bits per heavy atom. The SMILES string of the molecule is N#C[C@@]1(CO[P+](=O)Oc2ccccc2)CC[C@H](c2ccc3c(N)ncnn23)O1. The normalized spacial score (nSPS) is 22.1. The third kappa shape index (κ3) is 3.53. The van der Waals surface area contributed by atoms with Crippen molar-refractivity contribution in [3.05, 3.63) is 54.5 Å². The molecule has 1 aliphatic rings. The summed E-state index contributed by atoms with van der Waals surface area (Å²) in [7, 11) is -2.43. The van der Waals surface area contributed by atoms with E-state index < -0.39 is 13.9 Å². The number of nitrogens with zero attached hydrogens (tertiary/aromatic N) is 4. The van der Waals surface area contributed by atoms with Crippen molar-refractivity contribution in [2.45, 2.75) is 24.5 Å². The first kappa shape index (κ1) is 18.3. The van der Waals surface area contributed by atoms with Crippen LogP contribution in [-0.4, -0.2) is 26.8 Å². The summed E-state index contributed by atoms with van der Waals surface area (Å²) in [6.45, 7) is -0.164. The van der Waals surface area contributed by atoms with Gasteiger partial charge >= 0.3 is 8.25 Å². The molecule has 10 heteroatoms. The Morgan fingerprint density at radius 2 is 2.18 bits per heavy atom. The minimum atomic E-state index is -2.43. The van der Waals surface area contributed by atoms with E-state index in [0.29, 0.717) is 29.9 Å². The highest BCUT2D eigenvalue weighted by Crippen LogP contribution is 2.41. The first-order chi connectivity index (χ1) is 13.6. The molecule has 1 unspecified atom stereocenters. The molecule has 142 valence electrons. The Kier molecular flexibility index (Phi) is 4.92. The summed E-state index contributed by atoms with van der Waals surface area (Å²) in [5.74, 6) is 0.793. The van der Waals surface area contributed by atoms with Crippen LogP contribution in [0, 0.1) is 11.3 Å². The summed E-state index contributed by atoms with van der Waals surface area (Å²) >= 11 is 0. The molecule has 0 bridgehead atoms. The van der Waals surface area contributed by atoms with Gasteiger partial charge in [-0.05, 0) is 37.1 Å². The van der Waals surface area contributed by atoms with Crippen LogP contribution < -0.4 is 10.3 Å². The number of nitriles is 1. The molecule has 1 aromatic carbocycles. The van der Waals surface area contributed by atoms with Gasteiger partial charge in [0, 0.05) is 4.57 Å². The van der Waals surface area contributed by atoms with Crippen molar-refractivity contribution in [2.75, 3.05) is 12.3 Å². The third-order valence-electron chi connectivity index (χ3n) is 4.55. The lowest BCUT2D eigenvalue weighted by Crippen LogP contribution is -2.31. The highest BCUT2D eigenvalue weighted by Gasteiger charge is 2.45. The molecule has 4 rings (SSSR count). The number of anilines is 1. The number of nitrogen functional groups attached to an aromatic ring is 1. The van der Waals surface area contributed by atoms with E-state index in [9.17, 15) is 9.83 Å². The molecule has 2 N–H and O–H groups in total. The fourth-order valence-electron chi connectivity index (χ4n) is 3.15. The summed E-state index contributed by atoms with van der Waals surface area (Å²) < 4.78 is 30.2. The van der Waals surface area contributed by atoms with Crippen LogP contribution in [0.1, 0.15) is 24.6 Å². The Bertz CT molecular complexity index is 1050. The Morgan fingerprint density at radius 3 is 2.96 bits per heavy atom. The van der Waals surface area contributed by atoms with Crippen molar-refractivity contribution < 1.29 is 18.3 Å². The average Bonchev–Trinajstić information content (AvgIpc) is 3.33. The number of fused-ring (bicyclic) bond motifs is 1. The second kappa shape index (κ2) is 7.52. The molecule has 0 aliphatic carbocycles. The number of ether oxygens (including phenoxy) is 1. The summed E-state index contributed by atoms with van der Waals surface area (Å²) in [4.78, 5) is 3.96. The van der Waals surface area contributed by atoms with Crippen molar-refractivity contribution in [3.8, 4) is 11.8 Å². The predicted octanol–water partition coefficient (Wildman–Crippen LogP) is 3.18. The van der Waals surface area contributed by atoms with Crippen molar-refractivity contribution >= 4 is 19.6 Å². The van der Waals surface area contributed by atoms with Crippen LogP contribution in [0.25, 0.3) is 5.52 Å². The van der Waals surface area contributed by atoms with E-state index in [-0.39, 0.29) is 12.7 Å². The monoisotopic (exact) mass is 398 g/mol. The molecular weight excluding hydrogens is 381 g/mol. The third-order valence-corrected chi connectivity index (χ3v) is 5.25. The van der Waals surface area contributed by atoms with Crippen LogP contribution in [0.2, 0.25) is 0 Å². The summed E-state index contributed by atoms with van der Waals surface area (Å²) in [5.41, 5.74) is 6.09. The van der Waals surface area contributed by atoms with E-state index in [2.05, 4.69) is 16.2 Å². The van der Waals surface area contributed by atoms with E-state index in [1.807, 2.05) is 18.2 Å². The van der Waals surface area contributed by atoms with Crippen LogP contribution in [0.5, 0.6) is 5.75 Å². The zero-order chi connectivity index (χ0) is 19.6. The van der Waals surface area contributed by atoms with Gasteiger partial charge < -0.3 is 10.5 Å². The van der Waals surface area contributed by atoms with Gasteiger partial charge in [-0.3, -0.25) is 0 Å².